The van der Waals surface area contributed by atoms with E-state index in [4.69, 9.17) is 11.6 Å². The molecular formula is C18H21ClFN2O2S+. The van der Waals surface area contributed by atoms with Gasteiger partial charge in [-0.1, -0.05) is 29.8 Å². The van der Waals surface area contributed by atoms with Gasteiger partial charge in [0.15, 0.2) is 0 Å². The third-order valence-electron chi connectivity index (χ3n) is 4.80. The molecular weight excluding hydrogens is 363 g/mol. The third-order valence-corrected chi connectivity index (χ3v) is 7.06. The Labute approximate surface area is 152 Å². The SMILES string of the molecule is C[C@H](c1ccccc1Cl)[NH+]1CCN(S(=O)(=O)c2ccc(F)cc2)CC1. The van der Waals surface area contributed by atoms with Crippen LogP contribution in [0.15, 0.2) is 53.4 Å². The molecule has 0 radical (unpaired) electrons. The molecule has 2 aromatic carbocycles. The predicted molar refractivity (Wildman–Crippen MR) is 95.7 cm³/mol. The Morgan fingerprint density at radius 1 is 1.08 bits per heavy atom. The molecule has 1 N–H and O–H groups in total. The Kier molecular flexibility index (Phi) is 5.43. The lowest BCUT2D eigenvalue weighted by atomic mass is 10.1. The average Bonchev–Trinajstić information content (AvgIpc) is 2.62. The van der Waals surface area contributed by atoms with Crippen molar-refractivity contribution in [3.63, 3.8) is 0 Å². The summed E-state index contributed by atoms with van der Waals surface area (Å²) in [5.41, 5.74) is 1.08. The second-order valence-electron chi connectivity index (χ2n) is 6.26. The van der Waals surface area contributed by atoms with Crippen LogP contribution in [-0.2, 0) is 10.0 Å². The van der Waals surface area contributed by atoms with Crippen molar-refractivity contribution in [1.29, 1.82) is 0 Å². The number of halogens is 2. The van der Waals surface area contributed by atoms with Gasteiger partial charge in [0.05, 0.1) is 31.1 Å². The molecule has 0 unspecified atom stereocenters. The van der Waals surface area contributed by atoms with Gasteiger partial charge in [-0.2, -0.15) is 4.31 Å². The Balaban J connectivity index is 1.69. The monoisotopic (exact) mass is 383 g/mol. The Morgan fingerprint density at radius 2 is 1.68 bits per heavy atom. The van der Waals surface area contributed by atoms with E-state index in [1.54, 1.807) is 0 Å². The molecule has 7 heteroatoms. The number of hydrogen-bond acceptors (Lipinski definition) is 2. The molecule has 3 rings (SSSR count). The molecule has 1 fully saturated rings. The molecule has 134 valence electrons. The molecule has 0 amide bonds. The minimum absolute atomic E-state index is 0.136. The van der Waals surface area contributed by atoms with Gasteiger partial charge >= 0.3 is 0 Å². The smallest absolute Gasteiger partial charge is 0.243 e. The highest BCUT2D eigenvalue weighted by Gasteiger charge is 2.33. The molecule has 25 heavy (non-hydrogen) atoms. The maximum atomic E-state index is 13.0. The molecule has 1 atom stereocenters. The van der Waals surface area contributed by atoms with Crippen molar-refractivity contribution in [3.05, 3.63) is 64.9 Å². The van der Waals surface area contributed by atoms with Gasteiger partial charge < -0.3 is 4.90 Å². The van der Waals surface area contributed by atoms with E-state index in [-0.39, 0.29) is 10.9 Å². The van der Waals surface area contributed by atoms with Crippen molar-refractivity contribution < 1.29 is 17.7 Å². The van der Waals surface area contributed by atoms with E-state index in [0.29, 0.717) is 26.2 Å². The summed E-state index contributed by atoms with van der Waals surface area (Å²) in [5.74, 6) is -0.443. The number of sulfonamides is 1. The summed E-state index contributed by atoms with van der Waals surface area (Å²) in [6.07, 6.45) is 0. The quantitative estimate of drug-likeness (QED) is 0.878. The highest BCUT2D eigenvalue weighted by molar-refractivity contribution is 7.89. The van der Waals surface area contributed by atoms with Crippen LogP contribution in [0.1, 0.15) is 18.5 Å². The molecule has 1 saturated heterocycles. The highest BCUT2D eigenvalue weighted by Crippen LogP contribution is 2.21. The van der Waals surface area contributed by atoms with Crippen molar-refractivity contribution in [2.45, 2.75) is 17.9 Å². The zero-order valence-corrected chi connectivity index (χ0v) is 15.5. The minimum atomic E-state index is -3.57. The van der Waals surface area contributed by atoms with Gasteiger partial charge in [-0.25, -0.2) is 12.8 Å². The van der Waals surface area contributed by atoms with Crippen molar-refractivity contribution in [3.8, 4) is 0 Å². The first-order valence-corrected chi connectivity index (χ1v) is 10.1. The van der Waals surface area contributed by atoms with Gasteiger partial charge in [0, 0.05) is 10.6 Å². The van der Waals surface area contributed by atoms with Gasteiger partial charge in [-0.3, -0.25) is 0 Å². The topological polar surface area (TPSA) is 41.8 Å². The Bertz CT molecular complexity index is 834. The molecule has 1 aliphatic heterocycles. The lowest BCUT2D eigenvalue weighted by Gasteiger charge is -2.35. The lowest BCUT2D eigenvalue weighted by molar-refractivity contribution is -0.933. The van der Waals surface area contributed by atoms with Gasteiger partial charge in [-0.05, 0) is 37.3 Å². The van der Waals surface area contributed by atoms with Crippen molar-refractivity contribution in [2.24, 2.45) is 0 Å². The predicted octanol–water partition coefficient (Wildman–Crippen LogP) is 2.13. The van der Waals surface area contributed by atoms with Crippen LogP contribution in [0.5, 0.6) is 0 Å². The van der Waals surface area contributed by atoms with Gasteiger partial charge in [0.2, 0.25) is 10.0 Å². The van der Waals surface area contributed by atoms with Gasteiger partial charge in [0.1, 0.15) is 11.9 Å². The largest absolute Gasteiger partial charge is 0.327 e. The van der Waals surface area contributed by atoms with E-state index in [9.17, 15) is 12.8 Å². The zero-order valence-electron chi connectivity index (χ0n) is 14.0. The summed E-state index contributed by atoms with van der Waals surface area (Å²) in [5, 5.41) is 0.740. The van der Waals surface area contributed by atoms with Crippen LogP contribution in [-0.4, -0.2) is 38.9 Å². The fourth-order valence-electron chi connectivity index (χ4n) is 3.25. The van der Waals surface area contributed by atoms with E-state index in [2.05, 4.69) is 6.92 Å². The number of piperazine rings is 1. The first kappa shape index (κ1) is 18.3. The van der Waals surface area contributed by atoms with Crippen LogP contribution in [0.4, 0.5) is 4.39 Å². The van der Waals surface area contributed by atoms with Crippen LogP contribution >= 0.6 is 11.6 Å². The van der Waals surface area contributed by atoms with Crippen LogP contribution in [0, 0.1) is 5.82 Å². The van der Waals surface area contributed by atoms with Crippen molar-refractivity contribution in [1.82, 2.24) is 4.31 Å². The summed E-state index contributed by atoms with van der Waals surface area (Å²) < 4.78 is 39.8. The average molecular weight is 384 g/mol. The summed E-state index contributed by atoms with van der Waals surface area (Å²) in [6.45, 7) is 4.38. The summed E-state index contributed by atoms with van der Waals surface area (Å²) in [6, 6.07) is 12.9. The van der Waals surface area contributed by atoms with Gasteiger partial charge in [-0.15, -0.1) is 0 Å². The number of nitrogens with one attached hydrogen (secondary N) is 1. The molecule has 0 spiro atoms. The molecule has 0 saturated carbocycles. The first-order valence-electron chi connectivity index (χ1n) is 8.24. The van der Waals surface area contributed by atoms with Crippen LogP contribution in [0.25, 0.3) is 0 Å². The fraction of sp³-hybridized carbons (Fsp3) is 0.333. The molecule has 0 bridgehead atoms. The van der Waals surface area contributed by atoms with E-state index in [0.717, 1.165) is 10.6 Å². The number of quaternary nitrogens is 1. The minimum Gasteiger partial charge on any atom is -0.327 e. The lowest BCUT2D eigenvalue weighted by Crippen LogP contribution is -3.14. The summed E-state index contributed by atoms with van der Waals surface area (Å²) >= 11 is 6.28. The Hall–Kier alpha value is -1.47. The van der Waals surface area contributed by atoms with Crippen molar-refractivity contribution >= 4 is 21.6 Å². The van der Waals surface area contributed by atoms with E-state index < -0.39 is 15.8 Å². The van der Waals surface area contributed by atoms with E-state index in [1.165, 1.54) is 33.5 Å². The third kappa shape index (κ3) is 3.87. The van der Waals surface area contributed by atoms with Crippen LogP contribution < -0.4 is 4.90 Å². The number of hydrogen-bond donors (Lipinski definition) is 1. The number of benzene rings is 2. The Morgan fingerprint density at radius 3 is 2.28 bits per heavy atom. The zero-order chi connectivity index (χ0) is 18.0. The normalized spacial score (nSPS) is 18.2. The standard InChI is InChI=1S/C18H20ClFN2O2S/c1-14(17-4-2-3-5-18(17)19)21-10-12-22(13-11-21)25(23,24)16-8-6-15(20)7-9-16/h2-9,14H,10-13H2,1H3/p+1/t14-/m1/s1. The molecule has 4 nitrogen and oxygen atoms in total. The summed E-state index contributed by atoms with van der Waals surface area (Å²) in [7, 11) is -3.57. The highest BCUT2D eigenvalue weighted by atomic mass is 35.5. The molecule has 1 aliphatic rings. The molecule has 0 aromatic heterocycles. The maximum Gasteiger partial charge on any atom is 0.243 e. The number of nitrogens with zero attached hydrogens (tertiary/aromatic N) is 1. The van der Waals surface area contributed by atoms with E-state index >= 15 is 0 Å². The summed E-state index contributed by atoms with van der Waals surface area (Å²) in [4.78, 5) is 1.44. The van der Waals surface area contributed by atoms with Gasteiger partial charge in [0.25, 0.3) is 0 Å². The maximum absolute atomic E-state index is 13.0. The molecule has 2 aromatic rings. The molecule has 1 heterocycles. The fourth-order valence-corrected chi connectivity index (χ4v) is 4.99. The number of rotatable bonds is 4. The first-order chi connectivity index (χ1) is 11.9. The van der Waals surface area contributed by atoms with Crippen LogP contribution in [0.3, 0.4) is 0 Å². The van der Waals surface area contributed by atoms with Crippen molar-refractivity contribution in [2.75, 3.05) is 26.2 Å². The second-order valence-corrected chi connectivity index (χ2v) is 8.60. The van der Waals surface area contributed by atoms with E-state index in [1.807, 2.05) is 24.3 Å². The van der Waals surface area contributed by atoms with Crippen LogP contribution in [0.2, 0.25) is 5.02 Å². The molecule has 0 aliphatic carbocycles. The second kappa shape index (κ2) is 7.41.